The van der Waals surface area contributed by atoms with Gasteiger partial charge in [0.1, 0.15) is 6.61 Å². The van der Waals surface area contributed by atoms with E-state index in [0.29, 0.717) is 11.3 Å². The molecular formula is C21H19NO3. The fourth-order valence-electron chi connectivity index (χ4n) is 3.60. The van der Waals surface area contributed by atoms with E-state index in [1.54, 1.807) is 4.90 Å². The standard InChI is InChI=1S/C21H19NO3/c1-13-6-8-15(9-7-13)17-11-19(23)22(16-5-3-4-14(2)10-16)18-12-25-21(24)20(17)18/h3-10,17H,11-12H2,1-2H3/t17-/m1/s1. The Bertz CT molecular complexity index is 896. The van der Waals surface area contributed by atoms with E-state index in [4.69, 9.17) is 4.74 Å². The van der Waals surface area contributed by atoms with Crippen molar-refractivity contribution in [1.29, 1.82) is 0 Å². The Morgan fingerprint density at radius 3 is 2.48 bits per heavy atom. The van der Waals surface area contributed by atoms with Crippen LogP contribution in [0.15, 0.2) is 59.8 Å². The van der Waals surface area contributed by atoms with Crippen molar-refractivity contribution >= 4 is 17.6 Å². The van der Waals surface area contributed by atoms with Gasteiger partial charge in [0.05, 0.1) is 11.3 Å². The molecule has 4 heteroatoms. The lowest BCUT2D eigenvalue weighted by Gasteiger charge is -2.32. The second-order valence-corrected chi connectivity index (χ2v) is 6.67. The van der Waals surface area contributed by atoms with E-state index in [0.717, 1.165) is 22.4 Å². The Hall–Kier alpha value is -2.88. The number of hydrogen-bond donors (Lipinski definition) is 0. The van der Waals surface area contributed by atoms with Crippen LogP contribution < -0.4 is 4.90 Å². The Morgan fingerprint density at radius 1 is 1.00 bits per heavy atom. The third kappa shape index (κ3) is 2.64. The largest absolute Gasteiger partial charge is 0.456 e. The Labute approximate surface area is 146 Å². The van der Waals surface area contributed by atoms with Crippen LogP contribution >= 0.6 is 0 Å². The van der Waals surface area contributed by atoms with Crippen molar-refractivity contribution < 1.29 is 14.3 Å². The third-order valence-corrected chi connectivity index (χ3v) is 4.86. The van der Waals surface area contributed by atoms with Crippen LogP contribution in [-0.4, -0.2) is 18.5 Å². The molecule has 4 rings (SSSR count). The van der Waals surface area contributed by atoms with E-state index in [1.807, 2.05) is 62.4 Å². The van der Waals surface area contributed by atoms with Crippen LogP contribution in [0.5, 0.6) is 0 Å². The average molecular weight is 333 g/mol. The molecule has 2 heterocycles. The van der Waals surface area contributed by atoms with Crippen molar-refractivity contribution in [1.82, 2.24) is 0 Å². The molecule has 1 atom stereocenters. The summed E-state index contributed by atoms with van der Waals surface area (Å²) in [7, 11) is 0. The molecule has 4 nitrogen and oxygen atoms in total. The highest BCUT2D eigenvalue weighted by Gasteiger charge is 2.42. The number of carbonyl (C=O) groups is 2. The summed E-state index contributed by atoms with van der Waals surface area (Å²) in [5.41, 5.74) is 5.28. The highest BCUT2D eigenvalue weighted by molar-refractivity contribution is 6.06. The molecule has 0 N–H and O–H groups in total. The molecule has 0 saturated carbocycles. The molecule has 2 aliphatic rings. The van der Waals surface area contributed by atoms with Crippen molar-refractivity contribution in [2.75, 3.05) is 11.5 Å². The molecule has 25 heavy (non-hydrogen) atoms. The summed E-state index contributed by atoms with van der Waals surface area (Å²) >= 11 is 0. The number of benzene rings is 2. The van der Waals surface area contributed by atoms with Crippen molar-refractivity contribution in [2.45, 2.75) is 26.2 Å². The van der Waals surface area contributed by atoms with Gasteiger partial charge in [0, 0.05) is 18.0 Å². The van der Waals surface area contributed by atoms with E-state index in [1.165, 1.54) is 0 Å². The lowest BCUT2D eigenvalue weighted by molar-refractivity contribution is -0.136. The first-order valence-corrected chi connectivity index (χ1v) is 8.41. The second kappa shape index (κ2) is 5.88. The molecule has 0 aliphatic carbocycles. The fraction of sp³-hybridized carbons (Fsp3) is 0.238. The minimum Gasteiger partial charge on any atom is -0.456 e. The molecule has 0 fully saturated rings. The molecule has 2 aliphatic heterocycles. The molecule has 0 aromatic heterocycles. The van der Waals surface area contributed by atoms with Crippen LogP contribution in [0.2, 0.25) is 0 Å². The normalized spacial score (nSPS) is 19.9. The van der Waals surface area contributed by atoms with Gasteiger partial charge in [-0.2, -0.15) is 0 Å². The molecule has 0 saturated heterocycles. The quantitative estimate of drug-likeness (QED) is 0.788. The maximum Gasteiger partial charge on any atom is 0.336 e. The highest BCUT2D eigenvalue weighted by atomic mass is 16.5. The first-order valence-electron chi connectivity index (χ1n) is 8.41. The highest BCUT2D eigenvalue weighted by Crippen LogP contribution is 2.41. The predicted octanol–water partition coefficient (Wildman–Crippen LogP) is 3.63. The van der Waals surface area contributed by atoms with Gasteiger partial charge in [-0.15, -0.1) is 0 Å². The zero-order valence-corrected chi connectivity index (χ0v) is 14.3. The minimum atomic E-state index is -0.314. The average Bonchev–Trinajstić information content (AvgIpc) is 2.96. The van der Waals surface area contributed by atoms with Gasteiger partial charge in [0.2, 0.25) is 5.91 Å². The van der Waals surface area contributed by atoms with E-state index in [2.05, 4.69) is 0 Å². The zero-order valence-electron chi connectivity index (χ0n) is 14.3. The van der Waals surface area contributed by atoms with Gasteiger partial charge in [-0.3, -0.25) is 9.69 Å². The molecule has 0 spiro atoms. The number of ether oxygens (including phenoxy) is 1. The van der Waals surface area contributed by atoms with Crippen LogP contribution in [0, 0.1) is 13.8 Å². The number of carbonyl (C=O) groups excluding carboxylic acids is 2. The molecule has 2 aromatic carbocycles. The predicted molar refractivity (Wildman–Crippen MR) is 95.2 cm³/mol. The lowest BCUT2D eigenvalue weighted by atomic mass is 9.84. The number of rotatable bonds is 2. The van der Waals surface area contributed by atoms with Crippen LogP contribution in [0.3, 0.4) is 0 Å². The molecule has 126 valence electrons. The molecule has 2 aromatic rings. The summed E-state index contributed by atoms with van der Waals surface area (Å²) in [6.07, 6.45) is 0.269. The summed E-state index contributed by atoms with van der Waals surface area (Å²) in [6, 6.07) is 15.8. The number of cyclic esters (lactones) is 1. The van der Waals surface area contributed by atoms with Gasteiger partial charge < -0.3 is 4.74 Å². The molecule has 0 unspecified atom stereocenters. The van der Waals surface area contributed by atoms with E-state index in [-0.39, 0.29) is 30.8 Å². The molecule has 1 amide bonds. The second-order valence-electron chi connectivity index (χ2n) is 6.67. The van der Waals surface area contributed by atoms with E-state index < -0.39 is 0 Å². The number of aryl methyl sites for hydroxylation is 2. The summed E-state index contributed by atoms with van der Waals surface area (Å²) in [4.78, 5) is 27.0. The van der Waals surface area contributed by atoms with Crippen molar-refractivity contribution in [3.8, 4) is 0 Å². The summed E-state index contributed by atoms with van der Waals surface area (Å²) < 4.78 is 5.30. The molecular weight excluding hydrogens is 314 g/mol. The fourth-order valence-corrected chi connectivity index (χ4v) is 3.60. The van der Waals surface area contributed by atoms with Crippen molar-refractivity contribution in [3.63, 3.8) is 0 Å². The SMILES string of the molecule is Cc1ccc([C@H]2CC(=O)N(c3cccc(C)c3)C3=C2C(=O)OC3)cc1. The smallest absolute Gasteiger partial charge is 0.336 e. The van der Waals surface area contributed by atoms with Gasteiger partial charge >= 0.3 is 5.97 Å². The summed E-state index contributed by atoms with van der Waals surface area (Å²) in [5.74, 6) is -0.557. The van der Waals surface area contributed by atoms with Gasteiger partial charge in [-0.25, -0.2) is 4.79 Å². The van der Waals surface area contributed by atoms with Gasteiger partial charge in [-0.05, 0) is 37.1 Å². The maximum atomic E-state index is 12.9. The topological polar surface area (TPSA) is 46.6 Å². The Kier molecular flexibility index (Phi) is 3.68. The van der Waals surface area contributed by atoms with Crippen molar-refractivity contribution in [3.05, 3.63) is 76.5 Å². The van der Waals surface area contributed by atoms with Crippen molar-refractivity contribution in [2.24, 2.45) is 0 Å². The first-order chi connectivity index (χ1) is 12.0. The van der Waals surface area contributed by atoms with Gasteiger partial charge in [0.25, 0.3) is 0 Å². The van der Waals surface area contributed by atoms with Crippen LogP contribution in [0.25, 0.3) is 0 Å². The third-order valence-electron chi connectivity index (χ3n) is 4.86. The maximum absolute atomic E-state index is 12.9. The Morgan fingerprint density at radius 2 is 1.76 bits per heavy atom. The summed E-state index contributed by atoms with van der Waals surface area (Å²) in [5, 5.41) is 0. The molecule has 0 radical (unpaired) electrons. The monoisotopic (exact) mass is 333 g/mol. The van der Waals surface area contributed by atoms with Gasteiger partial charge in [-0.1, -0.05) is 42.0 Å². The zero-order chi connectivity index (χ0) is 17.6. The summed E-state index contributed by atoms with van der Waals surface area (Å²) in [6.45, 7) is 4.15. The van der Waals surface area contributed by atoms with Crippen LogP contribution in [0.1, 0.15) is 29.0 Å². The lowest BCUT2D eigenvalue weighted by Crippen LogP contribution is -2.37. The number of anilines is 1. The van der Waals surface area contributed by atoms with E-state index in [9.17, 15) is 9.59 Å². The first kappa shape index (κ1) is 15.6. The number of hydrogen-bond acceptors (Lipinski definition) is 3. The van der Waals surface area contributed by atoms with E-state index >= 15 is 0 Å². The number of esters is 1. The van der Waals surface area contributed by atoms with Gasteiger partial charge in [0.15, 0.2) is 0 Å². The number of nitrogens with zero attached hydrogens (tertiary/aromatic N) is 1. The number of amides is 1. The minimum absolute atomic E-state index is 0.00627. The molecule has 0 bridgehead atoms. The van der Waals surface area contributed by atoms with Crippen LogP contribution in [0.4, 0.5) is 5.69 Å². The Balaban J connectivity index is 1.83. The van der Waals surface area contributed by atoms with Crippen LogP contribution in [-0.2, 0) is 14.3 Å².